The second kappa shape index (κ2) is 10.9. The van der Waals surface area contributed by atoms with Gasteiger partial charge >= 0.3 is 0 Å². The zero-order chi connectivity index (χ0) is 22.3. The number of piperidine rings is 2. The standard InChI is InChI=1S/C25H36N4O3/c30-23(18-21-8-3-1-4-9-21)29-13-7-10-22(19-29)25(32)28-16-14-26(15-17-28)20-24(31)27-11-5-2-6-12-27/h1,3-4,8-9,22H,2,5-7,10-20H2. The predicted octanol–water partition coefficient (Wildman–Crippen LogP) is 1.62. The Bertz CT molecular complexity index is 786. The molecule has 3 saturated heterocycles. The molecular weight excluding hydrogens is 404 g/mol. The normalized spacial score (nSPS) is 22.6. The fourth-order valence-corrected chi connectivity index (χ4v) is 5.11. The van der Waals surface area contributed by atoms with Crippen molar-refractivity contribution < 1.29 is 14.4 Å². The minimum Gasteiger partial charge on any atom is -0.342 e. The van der Waals surface area contributed by atoms with Gasteiger partial charge in [0, 0.05) is 52.4 Å². The summed E-state index contributed by atoms with van der Waals surface area (Å²) in [6.45, 7) is 6.33. The number of nitrogens with zero attached hydrogens (tertiary/aromatic N) is 4. The third-order valence-electron chi connectivity index (χ3n) is 7.07. The number of hydrogen-bond acceptors (Lipinski definition) is 4. The van der Waals surface area contributed by atoms with Gasteiger partial charge in [-0.3, -0.25) is 19.3 Å². The fourth-order valence-electron chi connectivity index (χ4n) is 5.11. The van der Waals surface area contributed by atoms with Gasteiger partial charge in [-0.1, -0.05) is 30.3 Å². The molecule has 3 heterocycles. The van der Waals surface area contributed by atoms with Crippen LogP contribution < -0.4 is 0 Å². The SMILES string of the molecule is O=C(CN1CCN(C(=O)C2CCCN(C(=O)Cc3ccccc3)C2)CC1)N1CCCCC1. The van der Waals surface area contributed by atoms with Crippen molar-refractivity contribution in [3.63, 3.8) is 0 Å². The van der Waals surface area contributed by atoms with Crippen LogP contribution >= 0.6 is 0 Å². The highest BCUT2D eigenvalue weighted by atomic mass is 16.2. The average Bonchev–Trinajstić information content (AvgIpc) is 2.85. The van der Waals surface area contributed by atoms with E-state index in [1.54, 1.807) is 0 Å². The molecule has 1 atom stereocenters. The number of rotatable bonds is 5. The van der Waals surface area contributed by atoms with E-state index in [2.05, 4.69) is 4.90 Å². The first kappa shape index (κ1) is 22.8. The van der Waals surface area contributed by atoms with Crippen LogP contribution in [0, 0.1) is 5.92 Å². The first-order chi connectivity index (χ1) is 15.6. The second-order valence-corrected chi connectivity index (χ2v) is 9.38. The van der Waals surface area contributed by atoms with Crippen molar-refractivity contribution >= 4 is 17.7 Å². The quantitative estimate of drug-likeness (QED) is 0.698. The van der Waals surface area contributed by atoms with E-state index < -0.39 is 0 Å². The van der Waals surface area contributed by atoms with E-state index in [0.717, 1.165) is 64.0 Å². The van der Waals surface area contributed by atoms with Crippen molar-refractivity contribution in [2.45, 2.75) is 38.5 Å². The van der Waals surface area contributed by atoms with Crippen molar-refractivity contribution in [3.8, 4) is 0 Å². The molecule has 0 N–H and O–H groups in total. The molecule has 1 unspecified atom stereocenters. The van der Waals surface area contributed by atoms with Crippen LogP contribution in [0.15, 0.2) is 30.3 Å². The Morgan fingerprint density at radius 3 is 2.12 bits per heavy atom. The maximum Gasteiger partial charge on any atom is 0.236 e. The van der Waals surface area contributed by atoms with Gasteiger partial charge < -0.3 is 14.7 Å². The molecule has 0 aliphatic carbocycles. The van der Waals surface area contributed by atoms with Gasteiger partial charge in [0.2, 0.25) is 17.7 Å². The van der Waals surface area contributed by atoms with Crippen molar-refractivity contribution in [3.05, 3.63) is 35.9 Å². The zero-order valence-corrected chi connectivity index (χ0v) is 19.1. The molecule has 0 aromatic heterocycles. The van der Waals surface area contributed by atoms with E-state index in [1.165, 1.54) is 6.42 Å². The topological polar surface area (TPSA) is 64.2 Å². The summed E-state index contributed by atoms with van der Waals surface area (Å²) in [5.41, 5.74) is 1.01. The minimum atomic E-state index is -0.106. The number of carbonyl (C=O) groups is 3. The maximum absolute atomic E-state index is 13.2. The van der Waals surface area contributed by atoms with Crippen molar-refractivity contribution in [1.82, 2.24) is 19.6 Å². The number of likely N-dealkylation sites (tertiary alicyclic amines) is 2. The first-order valence-electron chi connectivity index (χ1n) is 12.2. The Balaban J connectivity index is 1.23. The van der Waals surface area contributed by atoms with Crippen LogP contribution in [-0.2, 0) is 20.8 Å². The lowest BCUT2D eigenvalue weighted by Crippen LogP contribution is -2.54. The molecule has 174 valence electrons. The van der Waals surface area contributed by atoms with Crippen LogP contribution in [0.1, 0.15) is 37.7 Å². The molecule has 4 rings (SSSR count). The van der Waals surface area contributed by atoms with Crippen LogP contribution in [0.2, 0.25) is 0 Å². The average molecular weight is 441 g/mol. The van der Waals surface area contributed by atoms with Gasteiger partial charge in [-0.15, -0.1) is 0 Å². The molecule has 3 aliphatic heterocycles. The van der Waals surface area contributed by atoms with Crippen molar-refractivity contribution in [2.24, 2.45) is 5.92 Å². The molecule has 32 heavy (non-hydrogen) atoms. The summed E-state index contributed by atoms with van der Waals surface area (Å²) in [5, 5.41) is 0. The van der Waals surface area contributed by atoms with E-state index >= 15 is 0 Å². The van der Waals surface area contributed by atoms with Gasteiger partial charge in [-0.05, 0) is 37.7 Å². The number of hydrogen-bond donors (Lipinski definition) is 0. The Morgan fingerprint density at radius 1 is 0.719 bits per heavy atom. The Morgan fingerprint density at radius 2 is 1.41 bits per heavy atom. The van der Waals surface area contributed by atoms with Crippen LogP contribution in [0.3, 0.4) is 0 Å². The smallest absolute Gasteiger partial charge is 0.236 e. The van der Waals surface area contributed by atoms with E-state index in [4.69, 9.17) is 0 Å². The van der Waals surface area contributed by atoms with Crippen LogP contribution in [0.4, 0.5) is 0 Å². The molecule has 0 bridgehead atoms. The highest BCUT2D eigenvalue weighted by Gasteiger charge is 2.33. The van der Waals surface area contributed by atoms with Gasteiger partial charge in [-0.2, -0.15) is 0 Å². The number of piperazine rings is 1. The van der Waals surface area contributed by atoms with Gasteiger partial charge in [0.05, 0.1) is 18.9 Å². The molecule has 0 saturated carbocycles. The van der Waals surface area contributed by atoms with Gasteiger partial charge in [0.1, 0.15) is 0 Å². The summed E-state index contributed by atoms with van der Waals surface area (Å²) >= 11 is 0. The van der Waals surface area contributed by atoms with Crippen LogP contribution in [0.25, 0.3) is 0 Å². The molecule has 3 aliphatic rings. The van der Waals surface area contributed by atoms with E-state index in [0.29, 0.717) is 32.6 Å². The molecule has 7 nitrogen and oxygen atoms in total. The third-order valence-corrected chi connectivity index (χ3v) is 7.07. The highest BCUT2D eigenvalue weighted by molar-refractivity contribution is 5.82. The van der Waals surface area contributed by atoms with Crippen molar-refractivity contribution in [1.29, 1.82) is 0 Å². The van der Waals surface area contributed by atoms with Gasteiger partial charge in [-0.25, -0.2) is 0 Å². The molecule has 1 aromatic carbocycles. The van der Waals surface area contributed by atoms with Gasteiger partial charge in [0.15, 0.2) is 0 Å². The highest BCUT2D eigenvalue weighted by Crippen LogP contribution is 2.21. The lowest BCUT2D eigenvalue weighted by molar-refractivity contribution is -0.142. The zero-order valence-electron chi connectivity index (χ0n) is 19.1. The first-order valence-corrected chi connectivity index (χ1v) is 12.2. The monoisotopic (exact) mass is 440 g/mol. The largest absolute Gasteiger partial charge is 0.342 e. The summed E-state index contributed by atoms with van der Waals surface area (Å²) in [7, 11) is 0. The molecule has 7 heteroatoms. The summed E-state index contributed by atoms with van der Waals surface area (Å²) < 4.78 is 0. The Kier molecular flexibility index (Phi) is 7.79. The maximum atomic E-state index is 13.2. The summed E-state index contributed by atoms with van der Waals surface area (Å²) in [5.74, 6) is 0.397. The van der Waals surface area contributed by atoms with Crippen molar-refractivity contribution in [2.75, 3.05) is 58.9 Å². The molecule has 3 amide bonds. The predicted molar refractivity (Wildman–Crippen MR) is 123 cm³/mol. The summed E-state index contributed by atoms with van der Waals surface area (Å²) in [4.78, 5) is 46.4. The molecular formula is C25H36N4O3. The molecule has 1 aromatic rings. The lowest BCUT2D eigenvalue weighted by Gasteiger charge is -2.39. The number of benzene rings is 1. The summed E-state index contributed by atoms with van der Waals surface area (Å²) in [6.07, 6.45) is 5.57. The second-order valence-electron chi connectivity index (χ2n) is 9.38. The number of amides is 3. The van der Waals surface area contributed by atoms with E-state index in [-0.39, 0.29) is 23.6 Å². The lowest BCUT2D eigenvalue weighted by atomic mass is 9.95. The molecule has 3 fully saturated rings. The Labute approximate surface area is 191 Å². The summed E-state index contributed by atoms with van der Waals surface area (Å²) in [6, 6.07) is 9.79. The van der Waals surface area contributed by atoms with E-state index in [1.807, 2.05) is 45.0 Å². The Hall–Kier alpha value is -2.41. The van der Waals surface area contributed by atoms with Crippen LogP contribution in [0.5, 0.6) is 0 Å². The molecule has 0 spiro atoms. The van der Waals surface area contributed by atoms with Gasteiger partial charge in [0.25, 0.3) is 0 Å². The fraction of sp³-hybridized carbons (Fsp3) is 0.640. The molecule has 0 radical (unpaired) electrons. The third kappa shape index (κ3) is 5.88. The number of carbonyl (C=O) groups excluding carboxylic acids is 3. The minimum absolute atomic E-state index is 0.106. The van der Waals surface area contributed by atoms with Crippen LogP contribution in [-0.4, -0.2) is 96.2 Å². The van der Waals surface area contributed by atoms with E-state index in [9.17, 15) is 14.4 Å².